The van der Waals surface area contributed by atoms with Crippen LogP contribution in [0.4, 0.5) is 5.88 Å². The summed E-state index contributed by atoms with van der Waals surface area (Å²) < 4.78 is 6.61. The topological polar surface area (TPSA) is 73.9 Å². The number of phenols is 1. The molecule has 1 aromatic heterocycles. The van der Waals surface area contributed by atoms with Crippen LogP contribution in [-0.4, -0.2) is 10.4 Å². The van der Waals surface area contributed by atoms with Crippen molar-refractivity contribution in [2.45, 2.75) is 6.54 Å². The first-order chi connectivity index (χ1) is 9.74. The van der Waals surface area contributed by atoms with Crippen LogP contribution in [0.1, 0.15) is 5.56 Å². The van der Waals surface area contributed by atoms with Crippen molar-refractivity contribution < 1.29 is 14.3 Å². The maximum absolute atomic E-state index is 9.34. The van der Waals surface area contributed by atoms with E-state index in [1.807, 2.05) is 30.3 Å². The van der Waals surface area contributed by atoms with Gasteiger partial charge in [0.05, 0.1) is 5.56 Å². The molecule has 100 valence electrons. The fraction of sp³-hybridized carbons (Fsp3) is 0.0667. The SMILES string of the molecule is [NH-]c1on[n+](Cc2ccccc2)c1-c1ccc(O)cc1. The van der Waals surface area contributed by atoms with Crippen molar-refractivity contribution in [3.05, 3.63) is 65.9 Å². The van der Waals surface area contributed by atoms with E-state index in [1.165, 1.54) is 0 Å². The van der Waals surface area contributed by atoms with Gasteiger partial charge in [0, 0.05) is 5.56 Å². The number of phenolic OH excluding ortho intramolecular Hbond substituents is 1. The lowest BCUT2D eigenvalue weighted by atomic mass is 10.1. The molecule has 5 nitrogen and oxygen atoms in total. The molecule has 0 radical (unpaired) electrons. The third-order valence-electron chi connectivity index (χ3n) is 3.02. The van der Waals surface area contributed by atoms with E-state index in [0.717, 1.165) is 11.1 Å². The number of aromatic nitrogens is 2. The van der Waals surface area contributed by atoms with E-state index in [4.69, 9.17) is 10.3 Å². The molecule has 0 aliphatic rings. The van der Waals surface area contributed by atoms with Gasteiger partial charge in [-0.25, -0.2) is 0 Å². The molecule has 0 atom stereocenters. The monoisotopic (exact) mass is 267 g/mol. The van der Waals surface area contributed by atoms with Gasteiger partial charge in [0.1, 0.15) is 11.6 Å². The van der Waals surface area contributed by atoms with Crippen LogP contribution in [0.25, 0.3) is 17.0 Å². The Morgan fingerprint density at radius 1 is 1.05 bits per heavy atom. The fourth-order valence-corrected chi connectivity index (χ4v) is 2.06. The molecule has 0 aliphatic carbocycles. The van der Waals surface area contributed by atoms with Gasteiger partial charge < -0.3 is 15.4 Å². The maximum atomic E-state index is 9.34. The second kappa shape index (κ2) is 5.05. The summed E-state index contributed by atoms with van der Waals surface area (Å²) in [6, 6.07) is 16.5. The normalized spacial score (nSPS) is 10.6. The fourth-order valence-electron chi connectivity index (χ4n) is 2.06. The third kappa shape index (κ3) is 2.33. The Labute approximate surface area is 115 Å². The molecular weight excluding hydrogens is 254 g/mol. The zero-order valence-corrected chi connectivity index (χ0v) is 10.7. The smallest absolute Gasteiger partial charge is 0.265 e. The first-order valence-corrected chi connectivity index (χ1v) is 6.19. The minimum atomic E-state index is 0.00613. The van der Waals surface area contributed by atoms with Crippen molar-refractivity contribution >= 4 is 5.88 Å². The lowest BCUT2D eigenvalue weighted by Gasteiger charge is -2.00. The number of rotatable bonds is 3. The van der Waals surface area contributed by atoms with Gasteiger partial charge in [0.15, 0.2) is 5.27 Å². The van der Waals surface area contributed by atoms with Gasteiger partial charge >= 0.3 is 0 Å². The summed E-state index contributed by atoms with van der Waals surface area (Å²) in [4.78, 5) is 0. The summed E-state index contributed by atoms with van der Waals surface area (Å²) in [5, 5.41) is 13.2. The van der Waals surface area contributed by atoms with Crippen molar-refractivity contribution in [3.63, 3.8) is 0 Å². The van der Waals surface area contributed by atoms with Crippen molar-refractivity contribution in [1.29, 1.82) is 0 Å². The van der Waals surface area contributed by atoms with E-state index >= 15 is 0 Å². The molecule has 3 rings (SSSR count). The molecular formula is C15H13N3O2. The van der Waals surface area contributed by atoms with Gasteiger partial charge in [-0.2, -0.15) is 0 Å². The van der Waals surface area contributed by atoms with Crippen LogP contribution in [0.2, 0.25) is 0 Å². The van der Waals surface area contributed by atoms with E-state index in [0.29, 0.717) is 12.2 Å². The Hall–Kier alpha value is -2.82. The molecule has 0 bridgehead atoms. The highest BCUT2D eigenvalue weighted by atomic mass is 16.5. The number of aromatic hydroxyl groups is 1. The predicted octanol–water partition coefficient (Wildman–Crippen LogP) is 3.07. The molecule has 0 amide bonds. The second-order valence-corrected chi connectivity index (χ2v) is 4.44. The molecule has 0 aliphatic heterocycles. The van der Waals surface area contributed by atoms with Crippen molar-refractivity contribution in [2.75, 3.05) is 0 Å². The zero-order valence-electron chi connectivity index (χ0n) is 10.7. The predicted molar refractivity (Wildman–Crippen MR) is 73.3 cm³/mol. The average molecular weight is 267 g/mol. The molecule has 1 heterocycles. The zero-order chi connectivity index (χ0) is 13.9. The Bertz CT molecular complexity index is 706. The van der Waals surface area contributed by atoms with Crippen LogP contribution in [-0.2, 0) is 6.54 Å². The molecule has 2 aromatic carbocycles. The standard InChI is InChI=1S/C15H12N3O2/c16-15-14(12-6-8-13(19)9-7-12)18(17-20-15)10-11-4-2-1-3-5-11/h1-9,16H,10H2/q-1/p+1. The van der Waals surface area contributed by atoms with E-state index in [1.54, 1.807) is 28.9 Å². The molecule has 2 N–H and O–H groups in total. The van der Waals surface area contributed by atoms with Crippen LogP contribution in [0, 0.1) is 0 Å². The summed E-state index contributed by atoms with van der Waals surface area (Å²) in [6.45, 7) is 0.527. The molecule has 5 heteroatoms. The van der Waals surface area contributed by atoms with Crippen molar-refractivity contribution in [1.82, 2.24) is 5.27 Å². The summed E-state index contributed by atoms with van der Waals surface area (Å²) in [7, 11) is 0. The van der Waals surface area contributed by atoms with Gasteiger partial charge in [-0.3, -0.25) is 0 Å². The molecule has 20 heavy (non-hydrogen) atoms. The Kier molecular flexibility index (Phi) is 3.09. The highest BCUT2D eigenvalue weighted by molar-refractivity contribution is 5.67. The first-order valence-electron chi connectivity index (χ1n) is 6.19. The van der Waals surface area contributed by atoms with E-state index in [2.05, 4.69) is 5.27 Å². The summed E-state index contributed by atoms with van der Waals surface area (Å²) in [5.74, 6) is 0.193. The number of hydrogen-bond donors (Lipinski definition) is 1. The average Bonchev–Trinajstić information content (AvgIpc) is 2.82. The third-order valence-corrected chi connectivity index (χ3v) is 3.02. The van der Waals surface area contributed by atoms with Gasteiger partial charge in [0.25, 0.3) is 5.69 Å². The van der Waals surface area contributed by atoms with E-state index in [9.17, 15) is 5.11 Å². The number of benzene rings is 2. The van der Waals surface area contributed by atoms with Crippen LogP contribution in [0.15, 0.2) is 59.1 Å². The van der Waals surface area contributed by atoms with Crippen molar-refractivity contribution in [3.8, 4) is 17.0 Å². The quantitative estimate of drug-likeness (QED) is 0.741. The molecule has 0 unspecified atom stereocenters. The number of nitrogens with one attached hydrogen (secondary N) is 1. The minimum absolute atomic E-state index is 0.00613. The van der Waals surface area contributed by atoms with E-state index < -0.39 is 0 Å². The van der Waals surface area contributed by atoms with E-state index in [-0.39, 0.29) is 11.6 Å². The molecule has 3 aromatic rings. The van der Waals surface area contributed by atoms with Gasteiger partial charge in [-0.15, -0.1) is 0 Å². The largest absolute Gasteiger partial charge is 0.660 e. The van der Waals surface area contributed by atoms with Crippen molar-refractivity contribution in [2.24, 2.45) is 0 Å². The van der Waals surface area contributed by atoms with Crippen LogP contribution in [0.3, 0.4) is 0 Å². The number of nitrogens with zero attached hydrogens (tertiary/aromatic N) is 2. The van der Waals surface area contributed by atoms with Crippen LogP contribution in [0.5, 0.6) is 5.75 Å². The highest BCUT2D eigenvalue weighted by Crippen LogP contribution is 2.27. The Balaban J connectivity index is 1.99. The van der Waals surface area contributed by atoms with Crippen LogP contribution >= 0.6 is 0 Å². The lowest BCUT2D eigenvalue weighted by molar-refractivity contribution is -0.745. The minimum Gasteiger partial charge on any atom is -0.660 e. The van der Waals surface area contributed by atoms with Crippen LogP contribution < -0.4 is 4.68 Å². The first kappa shape index (κ1) is 12.2. The number of hydrogen-bond acceptors (Lipinski definition) is 3. The lowest BCUT2D eigenvalue weighted by Crippen LogP contribution is -2.37. The molecule has 0 fully saturated rings. The molecule has 0 saturated carbocycles. The van der Waals surface area contributed by atoms with Gasteiger partial charge in [0.2, 0.25) is 6.54 Å². The van der Waals surface area contributed by atoms with Gasteiger partial charge in [-0.1, -0.05) is 30.3 Å². The Morgan fingerprint density at radius 3 is 2.45 bits per heavy atom. The second-order valence-electron chi connectivity index (χ2n) is 4.44. The summed E-state index contributed by atoms with van der Waals surface area (Å²) >= 11 is 0. The summed E-state index contributed by atoms with van der Waals surface area (Å²) in [5.41, 5.74) is 10.3. The summed E-state index contributed by atoms with van der Waals surface area (Å²) in [6.07, 6.45) is 0. The molecule has 0 saturated heterocycles. The molecule has 0 spiro atoms. The highest BCUT2D eigenvalue weighted by Gasteiger charge is 2.20. The van der Waals surface area contributed by atoms with Gasteiger partial charge in [-0.05, 0) is 28.9 Å². The maximum Gasteiger partial charge on any atom is 0.265 e. The Morgan fingerprint density at radius 2 is 1.75 bits per heavy atom.